The molecule has 0 saturated carbocycles. The molecule has 0 saturated heterocycles. The van der Waals surface area contributed by atoms with Crippen molar-refractivity contribution in [2.24, 2.45) is 0 Å². The van der Waals surface area contributed by atoms with Crippen molar-refractivity contribution in [3.8, 4) is 0 Å². The Labute approximate surface area is 95.9 Å². The SMILES string of the molecule is Cc1cccc(NC(C)c2cn[nH]c2C)c1. The summed E-state index contributed by atoms with van der Waals surface area (Å²) < 4.78 is 0. The molecular weight excluding hydrogens is 198 g/mol. The van der Waals surface area contributed by atoms with Crippen LogP contribution in [-0.4, -0.2) is 10.2 Å². The van der Waals surface area contributed by atoms with Crippen molar-refractivity contribution < 1.29 is 0 Å². The van der Waals surface area contributed by atoms with Gasteiger partial charge in [0.25, 0.3) is 0 Å². The lowest BCUT2D eigenvalue weighted by Crippen LogP contribution is -2.07. The lowest BCUT2D eigenvalue weighted by atomic mass is 10.1. The molecular formula is C13H17N3. The van der Waals surface area contributed by atoms with Crippen LogP contribution in [0.25, 0.3) is 0 Å². The van der Waals surface area contributed by atoms with Gasteiger partial charge in [-0.1, -0.05) is 12.1 Å². The number of rotatable bonds is 3. The molecule has 0 fully saturated rings. The van der Waals surface area contributed by atoms with E-state index >= 15 is 0 Å². The summed E-state index contributed by atoms with van der Waals surface area (Å²) in [5, 5.41) is 10.5. The molecule has 1 aromatic heterocycles. The summed E-state index contributed by atoms with van der Waals surface area (Å²) in [6.45, 7) is 6.27. The third-order valence-electron chi connectivity index (χ3n) is 2.74. The Morgan fingerprint density at radius 1 is 1.31 bits per heavy atom. The second kappa shape index (κ2) is 4.39. The van der Waals surface area contributed by atoms with Crippen molar-refractivity contribution in [2.45, 2.75) is 26.8 Å². The van der Waals surface area contributed by atoms with Gasteiger partial charge in [0, 0.05) is 16.9 Å². The summed E-state index contributed by atoms with van der Waals surface area (Å²) >= 11 is 0. The molecule has 1 aromatic carbocycles. The smallest absolute Gasteiger partial charge is 0.0542 e. The number of aromatic amines is 1. The maximum atomic E-state index is 4.04. The van der Waals surface area contributed by atoms with Gasteiger partial charge in [0.05, 0.1) is 12.2 Å². The molecule has 3 heteroatoms. The van der Waals surface area contributed by atoms with Crippen LogP contribution < -0.4 is 5.32 Å². The van der Waals surface area contributed by atoms with Crippen LogP contribution in [0.2, 0.25) is 0 Å². The maximum Gasteiger partial charge on any atom is 0.0542 e. The normalized spacial score (nSPS) is 12.4. The summed E-state index contributed by atoms with van der Waals surface area (Å²) in [4.78, 5) is 0. The van der Waals surface area contributed by atoms with E-state index in [1.807, 2.05) is 13.1 Å². The van der Waals surface area contributed by atoms with Gasteiger partial charge >= 0.3 is 0 Å². The number of hydrogen-bond donors (Lipinski definition) is 2. The van der Waals surface area contributed by atoms with E-state index < -0.39 is 0 Å². The average Bonchev–Trinajstić information content (AvgIpc) is 2.64. The highest BCUT2D eigenvalue weighted by Gasteiger charge is 2.09. The fourth-order valence-electron chi connectivity index (χ4n) is 1.86. The molecule has 0 aliphatic carbocycles. The Bertz CT molecular complexity index is 474. The minimum atomic E-state index is 0.264. The van der Waals surface area contributed by atoms with Gasteiger partial charge in [-0.15, -0.1) is 0 Å². The summed E-state index contributed by atoms with van der Waals surface area (Å²) in [7, 11) is 0. The predicted molar refractivity (Wildman–Crippen MR) is 66.5 cm³/mol. The Kier molecular flexibility index (Phi) is 2.95. The first kappa shape index (κ1) is 10.7. The summed E-state index contributed by atoms with van der Waals surface area (Å²) in [5.74, 6) is 0. The number of benzene rings is 1. The van der Waals surface area contributed by atoms with E-state index in [-0.39, 0.29) is 6.04 Å². The zero-order chi connectivity index (χ0) is 11.5. The molecule has 0 aliphatic heterocycles. The standard InChI is InChI=1S/C13H17N3/c1-9-5-4-6-12(7-9)15-10(2)13-8-14-16-11(13)3/h4-8,10,15H,1-3H3,(H,14,16). The Hall–Kier alpha value is -1.77. The van der Waals surface area contributed by atoms with Crippen LogP contribution in [0.5, 0.6) is 0 Å². The molecule has 16 heavy (non-hydrogen) atoms. The fraction of sp³-hybridized carbons (Fsp3) is 0.308. The largest absolute Gasteiger partial charge is 0.378 e. The van der Waals surface area contributed by atoms with Gasteiger partial charge in [0.1, 0.15) is 0 Å². The first-order valence-electron chi connectivity index (χ1n) is 5.50. The second-order valence-corrected chi connectivity index (χ2v) is 4.19. The van der Waals surface area contributed by atoms with E-state index in [2.05, 4.69) is 53.6 Å². The van der Waals surface area contributed by atoms with E-state index in [4.69, 9.17) is 0 Å². The minimum Gasteiger partial charge on any atom is -0.378 e. The first-order valence-corrected chi connectivity index (χ1v) is 5.50. The Balaban J connectivity index is 2.14. The van der Waals surface area contributed by atoms with Crippen molar-refractivity contribution in [2.75, 3.05) is 5.32 Å². The number of hydrogen-bond acceptors (Lipinski definition) is 2. The van der Waals surface area contributed by atoms with Gasteiger partial charge < -0.3 is 5.32 Å². The lowest BCUT2D eigenvalue weighted by Gasteiger charge is -2.15. The van der Waals surface area contributed by atoms with Crippen molar-refractivity contribution in [3.63, 3.8) is 0 Å². The van der Waals surface area contributed by atoms with E-state index in [0.29, 0.717) is 0 Å². The second-order valence-electron chi connectivity index (χ2n) is 4.19. The third kappa shape index (κ3) is 2.24. The summed E-state index contributed by atoms with van der Waals surface area (Å²) in [6, 6.07) is 8.65. The molecule has 84 valence electrons. The van der Waals surface area contributed by atoms with Crippen LogP contribution >= 0.6 is 0 Å². The van der Waals surface area contributed by atoms with Gasteiger partial charge in [-0.2, -0.15) is 5.10 Å². The molecule has 3 nitrogen and oxygen atoms in total. The van der Waals surface area contributed by atoms with E-state index in [0.717, 1.165) is 11.4 Å². The molecule has 0 bridgehead atoms. The molecule has 1 atom stereocenters. The number of H-pyrrole nitrogens is 1. The van der Waals surface area contributed by atoms with Crippen LogP contribution in [0, 0.1) is 13.8 Å². The molecule has 0 amide bonds. The number of anilines is 1. The van der Waals surface area contributed by atoms with Crippen molar-refractivity contribution >= 4 is 5.69 Å². The number of nitrogens with one attached hydrogen (secondary N) is 2. The number of aryl methyl sites for hydroxylation is 2. The Morgan fingerprint density at radius 2 is 2.12 bits per heavy atom. The molecule has 1 unspecified atom stereocenters. The topological polar surface area (TPSA) is 40.7 Å². The molecule has 0 radical (unpaired) electrons. The lowest BCUT2D eigenvalue weighted by molar-refractivity contribution is 0.874. The molecule has 0 spiro atoms. The van der Waals surface area contributed by atoms with E-state index in [1.165, 1.54) is 11.1 Å². The van der Waals surface area contributed by atoms with E-state index in [9.17, 15) is 0 Å². The maximum absolute atomic E-state index is 4.04. The molecule has 2 rings (SSSR count). The third-order valence-corrected chi connectivity index (χ3v) is 2.74. The number of aromatic nitrogens is 2. The van der Waals surface area contributed by atoms with Gasteiger partial charge in [-0.05, 0) is 38.5 Å². The highest BCUT2D eigenvalue weighted by Crippen LogP contribution is 2.20. The highest BCUT2D eigenvalue weighted by molar-refractivity contribution is 5.47. The highest BCUT2D eigenvalue weighted by atomic mass is 15.1. The van der Waals surface area contributed by atoms with Crippen LogP contribution in [0.15, 0.2) is 30.5 Å². The summed E-state index contributed by atoms with van der Waals surface area (Å²) in [6.07, 6.45) is 1.88. The van der Waals surface area contributed by atoms with Crippen LogP contribution in [0.4, 0.5) is 5.69 Å². The predicted octanol–water partition coefficient (Wildman–Crippen LogP) is 3.20. The van der Waals surface area contributed by atoms with E-state index in [1.54, 1.807) is 0 Å². The van der Waals surface area contributed by atoms with Crippen LogP contribution in [0.3, 0.4) is 0 Å². The molecule has 1 heterocycles. The fourth-order valence-corrected chi connectivity index (χ4v) is 1.86. The minimum absolute atomic E-state index is 0.264. The zero-order valence-corrected chi connectivity index (χ0v) is 9.91. The number of nitrogens with zero attached hydrogens (tertiary/aromatic N) is 1. The molecule has 2 aromatic rings. The molecule has 2 N–H and O–H groups in total. The monoisotopic (exact) mass is 215 g/mol. The van der Waals surface area contributed by atoms with Crippen molar-refractivity contribution in [1.82, 2.24) is 10.2 Å². The van der Waals surface area contributed by atoms with Crippen molar-refractivity contribution in [3.05, 3.63) is 47.3 Å². The quantitative estimate of drug-likeness (QED) is 0.825. The van der Waals surface area contributed by atoms with Crippen LogP contribution in [0.1, 0.15) is 29.8 Å². The van der Waals surface area contributed by atoms with Crippen molar-refractivity contribution in [1.29, 1.82) is 0 Å². The van der Waals surface area contributed by atoms with Gasteiger partial charge in [0.15, 0.2) is 0 Å². The van der Waals surface area contributed by atoms with Gasteiger partial charge in [0.2, 0.25) is 0 Å². The average molecular weight is 215 g/mol. The first-order chi connectivity index (χ1) is 7.66. The molecule has 0 aliphatic rings. The van der Waals surface area contributed by atoms with Gasteiger partial charge in [-0.25, -0.2) is 0 Å². The zero-order valence-electron chi connectivity index (χ0n) is 9.91. The summed E-state index contributed by atoms with van der Waals surface area (Å²) in [5.41, 5.74) is 4.74. The van der Waals surface area contributed by atoms with Crippen LogP contribution in [-0.2, 0) is 0 Å². The Morgan fingerprint density at radius 3 is 2.75 bits per heavy atom. The van der Waals surface area contributed by atoms with Gasteiger partial charge in [-0.3, -0.25) is 5.10 Å².